The number of amides is 1. The first-order valence-corrected chi connectivity index (χ1v) is 10.4. The number of thiazole rings is 1. The number of halogens is 2. The minimum atomic E-state index is -1.25. The van der Waals surface area contributed by atoms with Crippen molar-refractivity contribution in [1.82, 2.24) is 4.98 Å². The number of carboxylic acid groups (broad SMARTS) is 1. The van der Waals surface area contributed by atoms with Crippen LogP contribution in [-0.2, 0) is 9.59 Å². The maximum absolute atomic E-state index is 13.0. The van der Waals surface area contributed by atoms with E-state index < -0.39 is 29.5 Å². The van der Waals surface area contributed by atoms with E-state index in [0.29, 0.717) is 5.02 Å². The van der Waals surface area contributed by atoms with Crippen LogP contribution >= 0.6 is 34.5 Å². The third kappa shape index (κ3) is 3.59. The number of nitrogens with zero attached hydrogens (tertiary/aromatic N) is 2. The number of Topliss-reactive ketones (excluding diaryl/α,β-unsaturated/α-hetero) is 1. The molecule has 1 aliphatic heterocycles. The minimum Gasteiger partial charge on any atom is -0.507 e. The van der Waals surface area contributed by atoms with E-state index >= 15 is 0 Å². The van der Waals surface area contributed by atoms with Crippen LogP contribution in [-0.4, -0.2) is 32.9 Å². The van der Waals surface area contributed by atoms with Crippen LogP contribution in [0, 0.1) is 0 Å². The van der Waals surface area contributed by atoms with E-state index in [2.05, 4.69) is 4.98 Å². The summed E-state index contributed by atoms with van der Waals surface area (Å²) < 4.78 is 0. The highest BCUT2D eigenvalue weighted by atomic mass is 35.5. The van der Waals surface area contributed by atoms with Crippen molar-refractivity contribution in [3.05, 3.63) is 86.4 Å². The van der Waals surface area contributed by atoms with Crippen LogP contribution in [0.1, 0.15) is 27.5 Å². The predicted octanol–water partition coefficient (Wildman–Crippen LogP) is 4.77. The molecule has 1 saturated heterocycles. The second kappa shape index (κ2) is 8.14. The average Bonchev–Trinajstić information content (AvgIpc) is 3.34. The number of anilines is 1. The lowest BCUT2D eigenvalue weighted by Gasteiger charge is -2.24. The van der Waals surface area contributed by atoms with Crippen molar-refractivity contribution in [2.45, 2.75) is 6.04 Å². The van der Waals surface area contributed by atoms with Gasteiger partial charge in [0.15, 0.2) is 5.13 Å². The van der Waals surface area contributed by atoms with Gasteiger partial charge in [0.2, 0.25) is 0 Å². The Labute approximate surface area is 189 Å². The molecule has 156 valence electrons. The standard InChI is InChI=1S/C21H12Cl2N2O5S/c22-10-5-6-13(14(23)9-10)17(26)15-16(11-3-1-2-4-12(11)20(29)30)25(19(28)18(15)27)21-24-7-8-31-21/h1-9,16,26H,(H,29,30)/b17-15-. The predicted molar refractivity (Wildman–Crippen MR) is 117 cm³/mol. The monoisotopic (exact) mass is 474 g/mol. The molecule has 2 aromatic carbocycles. The maximum atomic E-state index is 13.0. The molecule has 1 aromatic heterocycles. The smallest absolute Gasteiger partial charge is 0.336 e. The second-order valence-corrected chi connectivity index (χ2v) is 8.22. The number of hydrogen-bond acceptors (Lipinski definition) is 6. The molecule has 0 radical (unpaired) electrons. The van der Waals surface area contributed by atoms with Crippen LogP contribution in [0.5, 0.6) is 0 Å². The first-order valence-electron chi connectivity index (χ1n) is 8.79. The summed E-state index contributed by atoms with van der Waals surface area (Å²) in [6, 6.07) is 9.00. The van der Waals surface area contributed by atoms with Gasteiger partial charge in [-0.25, -0.2) is 9.78 Å². The SMILES string of the molecule is O=C1C(=O)N(c2nccs2)C(c2ccccc2C(=O)O)/C1=C(/O)c1ccc(Cl)cc1Cl. The zero-order valence-corrected chi connectivity index (χ0v) is 17.8. The van der Waals surface area contributed by atoms with Crippen molar-refractivity contribution < 1.29 is 24.6 Å². The normalized spacial score (nSPS) is 17.9. The van der Waals surface area contributed by atoms with E-state index in [4.69, 9.17) is 23.2 Å². The van der Waals surface area contributed by atoms with Crippen LogP contribution in [0.15, 0.2) is 59.6 Å². The Hall–Kier alpha value is -3.20. The molecule has 1 aliphatic rings. The summed E-state index contributed by atoms with van der Waals surface area (Å²) >= 11 is 13.2. The molecule has 0 bridgehead atoms. The van der Waals surface area contributed by atoms with E-state index in [1.165, 1.54) is 42.6 Å². The molecule has 0 spiro atoms. The fraction of sp³-hybridized carbons (Fsp3) is 0.0476. The largest absolute Gasteiger partial charge is 0.507 e. The third-order valence-electron chi connectivity index (χ3n) is 4.74. The number of rotatable bonds is 4. The Morgan fingerprint density at radius 3 is 2.45 bits per heavy atom. The molecule has 0 aliphatic carbocycles. The zero-order chi connectivity index (χ0) is 22.3. The summed E-state index contributed by atoms with van der Waals surface area (Å²) in [5.41, 5.74) is -0.181. The Bertz CT molecular complexity index is 1260. The van der Waals surface area contributed by atoms with E-state index in [0.717, 1.165) is 16.2 Å². The van der Waals surface area contributed by atoms with E-state index in [1.807, 2.05) is 0 Å². The second-order valence-electron chi connectivity index (χ2n) is 6.50. The number of aliphatic hydroxyl groups is 1. The first-order chi connectivity index (χ1) is 14.8. The topological polar surface area (TPSA) is 108 Å². The molecule has 0 saturated carbocycles. The van der Waals surface area contributed by atoms with Crippen molar-refractivity contribution in [2.24, 2.45) is 0 Å². The number of ketones is 1. The van der Waals surface area contributed by atoms with Gasteiger partial charge in [-0.3, -0.25) is 14.5 Å². The van der Waals surface area contributed by atoms with Crippen molar-refractivity contribution in [3.63, 3.8) is 0 Å². The Kier molecular flexibility index (Phi) is 5.53. The highest BCUT2D eigenvalue weighted by Crippen LogP contribution is 2.44. The van der Waals surface area contributed by atoms with Crippen molar-refractivity contribution >= 4 is 63.1 Å². The lowest BCUT2D eigenvalue weighted by molar-refractivity contribution is -0.132. The molecule has 3 aromatic rings. The summed E-state index contributed by atoms with van der Waals surface area (Å²) in [6.45, 7) is 0. The Balaban J connectivity index is 2.02. The lowest BCUT2D eigenvalue weighted by atomic mass is 9.92. The molecule has 1 atom stereocenters. The number of hydrogen-bond donors (Lipinski definition) is 2. The molecule has 1 amide bonds. The number of aromatic nitrogens is 1. The summed E-state index contributed by atoms with van der Waals surface area (Å²) in [4.78, 5) is 43.0. The summed E-state index contributed by atoms with van der Waals surface area (Å²) in [5, 5.41) is 22.9. The number of benzene rings is 2. The zero-order valence-electron chi connectivity index (χ0n) is 15.5. The van der Waals surface area contributed by atoms with E-state index in [9.17, 15) is 24.6 Å². The molecule has 2 heterocycles. The summed E-state index contributed by atoms with van der Waals surface area (Å²) in [6.07, 6.45) is 1.45. The van der Waals surface area contributed by atoms with Crippen LogP contribution < -0.4 is 4.90 Å². The van der Waals surface area contributed by atoms with Gasteiger partial charge in [-0.05, 0) is 29.8 Å². The van der Waals surface area contributed by atoms with Gasteiger partial charge in [-0.1, -0.05) is 41.4 Å². The van der Waals surface area contributed by atoms with Crippen LogP contribution in [0.4, 0.5) is 5.13 Å². The molecular weight excluding hydrogens is 463 g/mol. The number of carboxylic acids is 1. The van der Waals surface area contributed by atoms with Crippen LogP contribution in [0.3, 0.4) is 0 Å². The minimum absolute atomic E-state index is 0.0655. The highest BCUT2D eigenvalue weighted by molar-refractivity contribution is 7.14. The summed E-state index contributed by atoms with van der Waals surface area (Å²) in [5.74, 6) is -3.70. The van der Waals surface area contributed by atoms with E-state index in [1.54, 1.807) is 11.4 Å². The number of carbonyl (C=O) groups excluding carboxylic acids is 2. The van der Waals surface area contributed by atoms with Crippen molar-refractivity contribution in [3.8, 4) is 0 Å². The average molecular weight is 475 g/mol. The van der Waals surface area contributed by atoms with Gasteiger partial charge in [0.25, 0.3) is 5.78 Å². The Morgan fingerprint density at radius 1 is 1.06 bits per heavy atom. The maximum Gasteiger partial charge on any atom is 0.336 e. The van der Waals surface area contributed by atoms with Gasteiger partial charge < -0.3 is 10.2 Å². The van der Waals surface area contributed by atoms with Crippen molar-refractivity contribution in [1.29, 1.82) is 0 Å². The van der Waals surface area contributed by atoms with Gasteiger partial charge >= 0.3 is 11.9 Å². The Morgan fingerprint density at radius 2 is 1.81 bits per heavy atom. The molecule has 10 heteroatoms. The fourth-order valence-electron chi connectivity index (χ4n) is 3.42. The first kappa shape index (κ1) is 21.0. The number of carbonyl (C=O) groups is 3. The molecule has 1 fully saturated rings. The van der Waals surface area contributed by atoms with Crippen LogP contribution in [0.2, 0.25) is 10.0 Å². The van der Waals surface area contributed by atoms with Crippen LogP contribution in [0.25, 0.3) is 5.76 Å². The van der Waals surface area contributed by atoms with Gasteiger partial charge in [-0.15, -0.1) is 11.3 Å². The molecule has 31 heavy (non-hydrogen) atoms. The van der Waals surface area contributed by atoms with Gasteiger partial charge in [0, 0.05) is 22.2 Å². The molecule has 1 unspecified atom stereocenters. The molecule has 7 nitrogen and oxygen atoms in total. The summed E-state index contributed by atoms with van der Waals surface area (Å²) in [7, 11) is 0. The number of aliphatic hydroxyl groups excluding tert-OH is 1. The molecule has 2 N–H and O–H groups in total. The highest BCUT2D eigenvalue weighted by Gasteiger charge is 2.49. The third-order valence-corrected chi connectivity index (χ3v) is 6.06. The quantitative estimate of drug-likeness (QED) is 0.320. The lowest BCUT2D eigenvalue weighted by Crippen LogP contribution is -2.30. The van der Waals surface area contributed by atoms with Crippen molar-refractivity contribution in [2.75, 3.05) is 4.90 Å². The molecule has 4 rings (SSSR count). The molecular formula is C21H12Cl2N2O5S. The number of aromatic carboxylic acids is 1. The van der Waals surface area contributed by atoms with Gasteiger partial charge in [0.1, 0.15) is 5.76 Å². The van der Waals surface area contributed by atoms with Gasteiger partial charge in [0.05, 0.1) is 22.2 Å². The fourth-order valence-corrected chi connectivity index (χ4v) is 4.58. The van der Waals surface area contributed by atoms with Gasteiger partial charge in [-0.2, -0.15) is 0 Å². The van der Waals surface area contributed by atoms with E-state index in [-0.39, 0.29) is 32.4 Å².